The SMILES string of the molecule is O=C(O)NCCCCCC1NCCc2[nH]c3nnc(Cl)cc3c21. The molecule has 0 bridgehead atoms. The maximum absolute atomic E-state index is 10.4. The summed E-state index contributed by atoms with van der Waals surface area (Å²) in [6.45, 7) is 1.45. The number of aromatic amines is 1. The zero-order chi connectivity index (χ0) is 16.2. The molecule has 2 aromatic heterocycles. The molecule has 0 fully saturated rings. The van der Waals surface area contributed by atoms with Crippen LogP contribution in [0, 0.1) is 0 Å². The van der Waals surface area contributed by atoms with Gasteiger partial charge in [0.2, 0.25) is 0 Å². The summed E-state index contributed by atoms with van der Waals surface area (Å²) in [5, 5.41) is 24.0. The van der Waals surface area contributed by atoms with Crippen molar-refractivity contribution >= 4 is 28.7 Å². The standard InChI is InChI=1S/C15H20ClN5O2/c16-12-8-9-13-10(4-2-1-3-6-18-15(22)23)17-7-5-11(13)19-14(9)21-20-12/h8,10,17-18H,1-7H2,(H,19,21)(H,22,23). The lowest BCUT2D eigenvalue weighted by Gasteiger charge is -2.24. The fourth-order valence-electron chi connectivity index (χ4n) is 3.20. The highest BCUT2D eigenvalue weighted by molar-refractivity contribution is 6.29. The predicted octanol–water partition coefficient (Wildman–Crippen LogP) is 2.63. The van der Waals surface area contributed by atoms with Crippen molar-refractivity contribution in [3.8, 4) is 0 Å². The number of fused-ring (bicyclic) bond motifs is 3. The number of amides is 1. The summed E-state index contributed by atoms with van der Waals surface area (Å²) in [4.78, 5) is 13.7. The van der Waals surface area contributed by atoms with Crippen molar-refractivity contribution in [3.05, 3.63) is 22.5 Å². The summed E-state index contributed by atoms with van der Waals surface area (Å²) in [7, 11) is 0. The number of H-pyrrole nitrogens is 1. The first-order valence-electron chi connectivity index (χ1n) is 7.89. The monoisotopic (exact) mass is 337 g/mol. The number of hydrogen-bond donors (Lipinski definition) is 4. The van der Waals surface area contributed by atoms with Gasteiger partial charge >= 0.3 is 6.09 Å². The third-order valence-corrected chi connectivity index (χ3v) is 4.39. The maximum Gasteiger partial charge on any atom is 0.404 e. The molecule has 0 saturated carbocycles. The Morgan fingerprint density at radius 2 is 2.26 bits per heavy atom. The topological polar surface area (TPSA) is 103 Å². The van der Waals surface area contributed by atoms with Crippen LogP contribution in [-0.2, 0) is 6.42 Å². The molecule has 1 aliphatic rings. The minimum absolute atomic E-state index is 0.278. The van der Waals surface area contributed by atoms with Crippen molar-refractivity contribution in [3.63, 3.8) is 0 Å². The van der Waals surface area contributed by atoms with E-state index >= 15 is 0 Å². The molecule has 1 aliphatic heterocycles. The molecular weight excluding hydrogens is 318 g/mol. The number of aromatic nitrogens is 3. The number of halogens is 1. The van der Waals surface area contributed by atoms with E-state index in [9.17, 15) is 4.79 Å². The smallest absolute Gasteiger partial charge is 0.404 e. The van der Waals surface area contributed by atoms with Crippen LogP contribution in [0.5, 0.6) is 0 Å². The number of unbranched alkanes of at least 4 members (excludes halogenated alkanes) is 2. The van der Waals surface area contributed by atoms with Gasteiger partial charge in [-0.25, -0.2) is 4.79 Å². The van der Waals surface area contributed by atoms with E-state index in [0.717, 1.165) is 49.7 Å². The van der Waals surface area contributed by atoms with Gasteiger partial charge in [0.25, 0.3) is 0 Å². The number of carboxylic acid groups (broad SMARTS) is 1. The predicted molar refractivity (Wildman–Crippen MR) is 87.8 cm³/mol. The number of rotatable bonds is 6. The van der Waals surface area contributed by atoms with Gasteiger partial charge in [0.1, 0.15) is 0 Å². The van der Waals surface area contributed by atoms with Gasteiger partial charge in [0.05, 0.1) is 0 Å². The van der Waals surface area contributed by atoms with Gasteiger partial charge in [-0.1, -0.05) is 24.4 Å². The molecule has 0 saturated heterocycles. The highest BCUT2D eigenvalue weighted by Gasteiger charge is 2.24. The Balaban J connectivity index is 1.63. The van der Waals surface area contributed by atoms with E-state index in [2.05, 4.69) is 25.8 Å². The second-order valence-electron chi connectivity index (χ2n) is 5.78. The number of nitrogens with one attached hydrogen (secondary N) is 3. The Morgan fingerprint density at radius 1 is 1.39 bits per heavy atom. The van der Waals surface area contributed by atoms with Gasteiger partial charge < -0.3 is 20.7 Å². The summed E-state index contributed by atoms with van der Waals surface area (Å²) < 4.78 is 0. The summed E-state index contributed by atoms with van der Waals surface area (Å²) in [6, 6.07) is 2.15. The van der Waals surface area contributed by atoms with Crippen LogP contribution in [0.1, 0.15) is 43.0 Å². The number of nitrogens with zero attached hydrogens (tertiary/aromatic N) is 2. The van der Waals surface area contributed by atoms with Crippen molar-refractivity contribution in [1.29, 1.82) is 0 Å². The summed E-state index contributed by atoms with van der Waals surface area (Å²) in [6.07, 6.45) is 3.89. The van der Waals surface area contributed by atoms with E-state index in [1.807, 2.05) is 6.07 Å². The molecule has 7 nitrogen and oxygen atoms in total. The highest BCUT2D eigenvalue weighted by Crippen LogP contribution is 2.33. The number of hydrogen-bond acceptors (Lipinski definition) is 4. The molecule has 0 aliphatic carbocycles. The largest absolute Gasteiger partial charge is 0.465 e. The minimum Gasteiger partial charge on any atom is -0.465 e. The fraction of sp³-hybridized carbons (Fsp3) is 0.533. The van der Waals surface area contributed by atoms with E-state index < -0.39 is 6.09 Å². The first kappa shape index (κ1) is 16.0. The third kappa shape index (κ3) is 3.73. The van der Waals surface area contributed by atoms with Gasteiger partial charge in [-0.2, -0.15) is 0 Å². The van der Waals surface area contributed by atoms with Gasteiger partial charge in [0, 0.05) is 36.6 Å². The summed E-state index contributed by atoms with van der Waals surface area (Å²) in [5.74, 6) is 0. The average Bonchev–Trinajstić information content (AvgIpc) is 2.89. The van der Waals surface area contributed by atoms with Crippen LogP contribution in [0.2, 0.25) is 5.15 Å². The second-order valence-corrected chi connectivity index (χ2v) is 6.17. The normalized spacial score (nSPS) is 17.2. The zero-order valence-electron chi connectivity index (χ0n) is 12.7. The molecule has 0 aromatic carbocycles. The minimum atomic E-state index is -0.958. The second kappa shape index (κ2) is 7.14. The zero-order valence-corrected chi connectivity index (χ0v) is 13.5. The summed E-state index contributed by atoms with van der Waals surface area (Å²) >= 11 is 5.99. The Labute approximate surface area is 138 Å². The van der Waals surface area contributed by atoms with E-state index in [1.54, 1.807) is 0 Å². The quantitative estimate of drug-likeness (QED) is 0.607. The van der Waals surface area contributed by atoms with E-state index in [4.69, 9.17) is 16.7 Å². The van der Waals surface area contributed by atoms with E-state index in [-0.39, 0.29) is 6.04 Å². The lowest BCUT2D eigenvalue weighted by Crippen LogP contribution is -2.29. The van der Waals surface area contributed by atoms with Crippen molar-refractivity contribution in [1.82, 2.24) is 25.8 Å². The Kier molecular flexibility index (Phi) is 4.97. The van der Waals surface area contributed by atoms with Crippen LogP contribution in [0.3, 0.4) is 0 Å². The van der Waals surface area contributed by atoms with Crippen molar-refractivity contribution in [2.24, 2.45) is 0 Å². The van der Waals surface area contributed by atoms with Crippen LogP contribution < -0.4 is 10.6 Å². The molecular formula is C15H20ClN5O2. The van der Waals surface area contributed by atoms with Gasteiger partial charge in [-0.05, 0) is 24.5 Å². The van der Waals surface area contributed by atoms with Crippen LogP contribution >= 0.6 is 11.6 Å². The first-order valence-corrected chi connectivity index (χ1v) is 8.27. The molecule has 1 unspecified atom stereocenters. The first-order chi connectivity index (χ1) is 11.1. The van der Waals surface area contributed by atoms with Crippen LogP contribution in [0.15, 0.2) is 6.07 Å². The molecule has 8 heteroatoms. The molecule has 1 atom stereocenters. The Hall–Kier alpha value is -1.86. The Bertz CT molecular complexity index is 702. The van der Waals surface area contributed by atoms with Crippen LogP contribution in [0.25, 0.3) is 11.0 Å². The molecule has 0 radical (unpaired) electrons. The van der Waals surface area contributed by atoms with Gasteiger partial charge in [-0.15, -0.1) is 10.2 Å². The molecule has 124 valence electrons. The van der Waals surface area contributed by atoms with Crippen LogP contribution in [-0.4, -0.2) is 39.5 Å². The Morgan fingerprint density at radius 3 is 3.09 bits per heavy atom. The van der Waals surface area contributed by atoms with Crippen molar-refractivity contribution < 1.29 is 9.90 Å². The van der Waals surface area contributed by atoms with Crippen molar-refractivity contribution in [2.45, 2.75) is 38.1 Å². The van der Waals surface area contributed by atoms with Crippen LogP contribution in [0.4, 0.5) is 4.79 Å². The molecule has 3 rings (SSSR count). The van der Waals surface area contributed by atoms with E-state index in [1.165, 1.54) is 11.3 Å². The van der Waals surface area contributed by atoms with Gasteiger partial charge in [0.15, 0.2) is 10.8 Å². The lowest BCUT2D eigenvalue weighted by molar-refractivity contribution is 0.194. The molecule has 2 aromatic rings. The molecule has 3 heterocycles. The molecule has 23 heavy (non-hydrogen) atoms. The summed E-state index contributed by atoms with van der Waals surface area (Å²) in [5.41, 5.74) is 3.26. The maximum atomic E-state index is 10.4. The third-order valence-electron chi connectivity index (χ3n) is 4.21. The average molecular weight is 338 g/mol. The lowest BCUT2D eigenvalue weighted by atomic mass is 9.94. The molecule has 4 N–H and O–H groups in total. The highest BCUT2D eigenvalue weighted by atomic mass is 35.5. The fourth-order valence-corrected chi connectivity index (χ4v) is 3.35. The van der Waals surface area contributed by atoms with Gasteiger partial charge in [-0.3, -0.25) is 0 Å². The van der Waals surface area contributed by atoms with Crippen molar-refractivity contribution in [2.75, 3.05) is 13.1 Å². The molecule has 0 spiro atoms. The molecule has 1 amide bonds. The van der Waals surface area contributed by atoms with E-state index in [0.29, 0.717) is 11.7 Å². The number of carbonyl (C=O) groups is 1.